The average Bonchev–Trinajstić information content (AvgIpc) is 3.17. The molecule has 0 saturated heterocycles. The number of aryl methyl sites for hydroxylation is 1. The second-order valence-corrected chi connectivity index (χ2v) is 6.55. The zero-order chi connectivity index (χ0) is 20.8. The SMILES string of the molecule is CN(Cc1cccc([N+](=O)[O-])c1)C(=O)CCCc1nc(-c2ccc(F)cc2)no1. The van der Waals surface area contributed by atoms with Crippen LogP contribution in [0.2, 0.25) is 0 Å². The lowest BCUT2D eigenvalue weighted by atomic mass is 10.1. The van der Waals surface area contributed by atoms with Gasteiger partial charge in [-0.1, -0.05) is 17.3 Å². The van der Waals surface area contributed by atoms with Gasteiger partial charge in [-0.25, -0.2) is 4.39 Å². The van der Waals surface area contributed by atoms with E-state index in [4.69, 9.17) is 4.52 Å². The standard InChI is InChI=1S/C20H19FN4O4/c1-24(13-14-4-2-5-17(12-14)25(27)28)19(26)7-3-6-18-22-20(23-29-18)15-8-10-16(21)11-9-15/h2,4-5,8-12H,3,6-7,13H2,1H3. The van der Waals surface area contributed by atoms with Crippen molar-refractivity contribution >= 4 is 11.6 Å². The fourth-order valence-corrected chi connectivity index (χ4v) is 2.78. The number of non-ortho nitro benzene ring substituents is 1. The maximum absolute atomic E-state index is 13.0. The summed E-state index contributed by atoms with van der Waals surface area (Å²) in [6.45, 7) is 0.287. The first-order valence-corrected chi connectivity index (χ1v) is 8.98. The molecule has 0 unspecified atom stereocenters. The van der Waals surface area contributed by atoms with Crippen LogP contribution in [0.15, 0.2) is 53.1 Å². The molecule has 0 N–H and O–H groups in total. The highest BCUT2D eigenvalue weighted by Crippen LogP contribution is 2.18. The van der Waals surface area contributed by atoms with Crippen LogP contribution in [0.5, 0.6) is 0 Å². The first kappa shape index (κ1) is 20.1. The van der Waals surface area contributed by atoms with E-state index in [1.54, 1.807) is 31.3 Å². The minimum absolute atomic E-state index is 0.00305. The summed E-state index contributed by atoms with van der Waals surface area (Å²) in [5, 5.41) is 14.7. The van der Waals surface area contributed by atoms with E-state index < -0.39 is 4.92 Å². The smallest absolute Gasteiger partial charge is 0.269 e. The highest BCUT2D eigenvalue weighted by molar-refractivity contribution is 5.75. The largest absolute Gasteiger partial charge is 0.341 e. The number of hydrogen-bond acceptors (Lipinski definition) is 6. The maximum Gasteiger partial charge on any atom is 0.269 e. The molecule has 8 nitrogen and oxygen atoms in total. The van der Waals surface area contributed by atoms with E-state index in [0.717, 1.165) is 0 Å². The topological polar surface area (TPSA) is 102 Å². The van der Waals surface area contributed by atoms with Crippen molar-refractivity contribution in [3.05, 3.63) is 75.9 Å². The summed E-state index contributed by atoms with van der Waals surface area (Å²) in [6.07, 6.45) is 1.23. The van der Waals surface area contributed by atoms with E-state index in [2.05, 4.69) is 10.1 Å². The normalized spacial score (nSPS) is 10.7. The Balaban J connectivity index is 1.49. The molecule has 0 atom stereocenters. The van der Waals surface area contributed by atoms with Gasteiger partial charge in [0.05, 0.1) is 4.92 Å². The summed E-state index contributed by atoms with van der Waals surface area (Å²) < 4.78 is 18.2. The van der Waals surface area contributed by atoms with Gasteiger partial charge in [0.25, 0.3) is 5.69 Å². The Kier molecular flexibility index (Phi) is 6.28. The molecule has 0 fully saturated rings. The summed E-state index contributed by atoms with van der Waals surface area (Å²) in [7, 11) is 1.65. The monoisotopic (exact) mass is 398 g/mol. The number of rotatable bonds is 8. The van der Waals surface area contributed by atoms with E-state index >= 15 is 0 Å². The van der Waals surface area contributed by atoms with Gasteiger partial charge in [0, 0.05) is 44.1 Å². The van der Waals surface area contributed by atoms with Crippen molar-refractivity contribution in [3.8, 4) is 11.4 Å². The summed E-state index contributed by atoms with van der Waals surface area (Å²) in [4.78, 5) is 28.5. The number of nitro groups is 1. The number of amides is 1. The van der Waals surface area contributed by atoms with Gasteiger partial charge in [0.2, 0.25) is 17.6 Å². The predicted octanol–water partition coefficient (Wildman–Crippen LogP) is 3.77. The number of carbonyl (C=O) groups is 1. The fraction of sp³-hybridized carbons (Fsp3) is 0.250. The lowest BCUT2D eigenvalue weighted by Gasteiger charge is -2.17. The van der Waals surface area contributed by atoms with Crippen molar-refractivity contribution in [2.75, 3.05) is 7.05 Å². The van der Waals surface area contributed by atoms with Gasteiger partial charge in [0.1, 0.15) is 5.82 Å². The molecule has 1 amide bonds. The van der Waals surface area contributed by atoms with Crippen LogP contribution in [0.3, 0.4) is 0 Å². The van der Waals surface area contributed by atoms with Crippen molar-refractivity contribution in [1.82, 2.24) is 15.0 Å². The van der Waals surface area contributed by atoms with Crippen LogP contribution < -0.4 is 0 Å². The van der Waals surface area contributed by atoms with E-state index in [1.807, 2.05) is 0 Å². The maximum atomic E-state index is 13.0. The van der Waals surface area contributed by atoms with Gasteiger partial charge in [-0.15, -0.1) is 0 Å². The number of aromatic nitrogens is 2. The first-order valence-electron chi connectivity index (χ1n) is 8.98. The molecule has 29 heavy (non-hydrogen) atoms. The van der Waals surface area contributed by atoms with Crippen LogP contribution in [0.4, 0.5) is 10.1 Å². The Morgan fingerprint density at radius 2 is 2.00 bits per heavy atom. The van der Waals surface area contributed by atoms with Crippen LogP contribution in [0.25, 0.3) is 11.4 Å². The van der Waals surface area contributed by atoms with Gasteiger partial charge < -0.3 is 9.42 Å². The molecular formula is C20H19FN4O4. The van der Waals surface area contributed by atoms with E-state index in [0.29, 0.717) is 35.7 Å². The Hall–Kier alpha value is -3.62. The molecule has 2 aromatic carbocycles. The number of halogens is 1. The molecule has 0 saturated carbocycles. The highest BCUT2D eigenvalue weighted by Gasteiger charge is 2.13. The minimum atomic E-state index is -0.462. The predicted molar refractivity (Wildman–Crippen MR) is 102 cm³/mol. The van der Waals surface area contributed by atoms with Crippen molar-refractivity contribution in [1.29, 1.82) is 0 Å². The van der Waals surface area contributed by atoms with Crippen LogP contribution in [-0.4, -0.2) is 32.9 Å². The number of nitrogens with zero attached hydrogens (tertiary/aromatic N) is 4. The van der Waals surface area contributed by atoms with Gasteiger partial charge >= 0.3 is 0 Å². The molecule has 0 aliphatic rings. The summed E-state index contributed by atoms with van der Waals surface area (Å²) in [5.74, 6) is 0.340. The van der Waals surface area contributed by atoms with E-state index in [1.165, 1.54) is 29.2 Å². The fourth-order valence-electron chi connectivity index (χ4n) is 2.78. The third kappa shape index (κ3) is 5.44. The average molecular weight is 398 g/mol. The second kappa shape index (κ2) is 9.05. The van der Waals surface area contributed by atoms with Crippen LogP contribution >= 0.6 is 0 Å². The molecule has 1 aromatic heterocycles. The van der Waals surface area contributed by atoms with Crippen molar-refractivity contribution < 1.29 is 18.6 Å². The summed E-state index contributed by atoms with van der Waals surface area (Å²) in [6, 6.07) is 12.0. The molecule has 3 aromatic rings. The van der Waals surface area contributed by atoms with Gasteiger partial charge in [-0.05, 0) is 36.2 Å². The molecule has 9 heteroatoms. The van der Waals surface area contributed by atoms with Crippen LogP contribution in [-0.2, 0) is 17.8 Å². The third-order valence-corrected chi connectivity index (χ3v) is 4.32. The zero-order valence-electron chi connectivity index (χ0n) is 15.7. The molecule has 0 aliphatic carbocycles. The molecule has 0 spiro atoms. The van der Waals surface area contributed by atoms with Crippen molar-refractivity contribution in [2.45, 2.75) is 25.8 Å². The molecular weight excluding hydrogens is 379 g/mol. The molecule has 3 rings (SSSR count). The lowest BCUT2D eigenvalue weighted by molar-refractivity contribution is -0.384. The number of hydrogen-bond donors (Lipinski definition) is 0. The zero-order valence-corrected chi connectivity index (χ0v) is 15.7. The highest BCUT2D eigenvalue weighted by atomic mass is 19.1. The van der Waals surface area contributed by atoms with Gasteiger partial charge in [-0.3, -0.25) is 14.9 Å². The quantitative estimate of drug-likeness (QED) is 0.423. The number of benzene rings is 2. The molecule has 0 bridgehead atoms. The molecule has 0 aliphatic heterocycles. The van der Waals surface area contributed by atoms with Crippen LogP contribution in [0, 0.1) is 15.9 Å². The van der Waals surface area contributed by atoms with E-state index in [-0.39, 0.29) is 30.4 Å². The minimum Gasteiger partial charge on any atom is -0.341 e. The first-order chi connectivity index (χ1) is 13.9. The van der Waals surface area contributed by atoms with Crippen molar-refractivity contribution in [3.63, 3.8) is 0 Å². The Labute approximate surface area is 166 Å². The summed E-state index contributed by atoms with van der Waals surface area (Å²) >= 11 is 0. The Morgan fingerprint density at radius 3 is 2.72 bits per heavy atom. The van der Waals surface area contributed by atoms with Crippen LogP contribution in [0.1, 0.15) is 24.3 Å². The van der Waals surface area contributed by atoms with E-state index in [9.17, 15) is 19.3 Å². The number of carbonyl (C=O) groups excluding carboxylic acids is 1. The van der Waals surface area contributed by atoms with Gasteiger partial charge in [0.15, 0.2) is 0 Å². The second-order valence-electron chi connectivity index (χ2n) is 6.55. The molecule has 1 heterocycles. The molecule has 0 radical (unpaired) electrons. The number of nitro benzene ring substituents is 1. The Bertz CT molecular complexity index is 1000. The lowest BCUT2D eigenvalue weighted by Crippen LogP contribution is -2.26. The third-order valence-electron chi connectivity index (χ3n) is 4.32. The molecule has 150 valence electrons. The Morgan fingerprint density at radius 1 is 1.24 bits per heavy atom. The van der Waals surface area contributed by atoms with Gasteiger partial charge in [-0.2, -0.15) is 4.98 Å². The summed E-state index contributed by atoms with van der Waals surface area (Å²) in [5.41, 5.74) is 1.33. The van der Waals surface area contributed by atoms with Crippen molar-refractivity contribution in [2.24, 2.45) is 0 Å².